The van der Waals surface area contributed by atoms with Crippen LogP contribution in [0.25, 0.3) is 0 Å². The fourth-order valence-corrected chi connectivity index (χ4v) is 3.18. The highest BCUT2D eigenvalue weighted by atomic mass is 35.5. The van der Waals surface area contributed by atoms with E-state index in [2.05, 4.69) is 10.6 Å². The lowest BCUT2D eigenvalue weighted by molar-refractivity contribution is -0.393. The van der Waals surface area contributed by atoms with Gasteiger partial charge in [0.25, 0.3) is 17.1 Å². The number of anilines is 2. The van der Waals surface area contributed by atoms with Gasteiger partial charge in [-0.05, 0) is 12.0 Å². The standard InChI is InChI=1S/C17H15Cl2N5O7/c1-2-3-20-15(25)5-9-4-10(22(26)27)8-14(24(30)31)16(9)21-17-12(18)6-11(23(28)29)7-13(17)19/h4,6-8,21H,2-3,5H2,1H3,(H,20,25). The summed E-state index contributed by atoms with van der Waals surface area (Å²) in [5, 5.41) is 38.5. The smallest absolute Gasteiger partial charge is 0.299 e. The molecule has 14 heteroatoms. The molecule has 0 saturated carbocycles. The molecule has 2 N–H and O–H groups in total. The number of rotatable bonds is 9. The Balaban J connectivity index is 2.64. The van der Waals surface area contributed by atoms with Gasteiger partial charge in [-0.15, -0.1) is 0 Å². The Kier molecular flexibility index (Phi) is 7.67. The Hall–Kier alpha value is -3.51. The van der Waals surface area contributed by atoms with Crippen LogP contribution in [-0.2, 0) is 11.2 Å². The van der Waals surface area contributed by atoms with E-state index in [-0.39, 0.29) is 27.0 Å². The van der Waals surface area contributed by atoms with Crippen LogP contribution in [0.3, 0.4) is 0 Å². The number of benzene rings is 2. The van der Waals surface area contributed by atoms with E-state index in [1.165, 1.54) is 0 Å². The van der Waals surface area contributed by atoms with Crippen LogP contribution in [0.1, 0.15) is 18.9 Å². The van der Waals surface area contributed by atoms with Crippen molar-refractivity contribution in [1.82, 2.24) is 5.32 Å². The van der Waals surface area contributed by atoms with E-state index in [0.29, 0.717) is 13.0 Å². The maximum Gasteiger partial charge on any atom is 0.299 e. The summed E-state index contributed by atoms with van der Waals surface area (Å²) in [5.74, 6) is -0.513. The van der Waals surface area contributed by atoms with Crippen molar-refractivity contribution >= 4 is 57.5 Å². The minimum atomic E-state index is -0.865. The highest BCUT2D eigenvalue weighted by Gasteiger charge is 2.27. The third-order valence-corrected chi connectivity index (χ3v) is 4.60. The van der Waals surface area contributed by atoms with Crippen molar-refractivity contribution in [2.75, 3.05) is 11.9 Å². The van der Waals surface area contributed by atoms with Gasteiger partial charge in [0.1, 0.15) is 5.69 Å². The van der Waals surface area contributed by atoms with Crippen molar-refractivity contribution in [1.29, 1.82) is 0 Å². The minimum absolute atomic E-state index is 0.0556. The lowest BCUT2D eigenvalue weighted by atomic mass is 10.1. The number of hydrogen-bond donors (Lipinski definition) is 2. The van der Waals surface area contributed by atoms with Crippen LogP contribution >= 0.6 is 23.2 Å². The molecule has 0 atom stereocenters. The number of nitro groups is 3. The van der Waals surface area contributed by atoms with E-state index in [1.54, 1.807) is 0 Å². The Labute approximate surface area is 184 Å². The van der Waals surface area contributed by atoms with Crippen LogP contribution in [0.15, 0.2) is 24.3 Å². The number of carbonyl (C=O) groups excluding carboxylic acids is 1. The van der Waals surface area contributed by atoms with Crippen molar-refractivity contribution < 1.29 is 19.6 Å². The molecular weight excluding hydrogens is 457 g/mol. The number of carbonyl (C=O) groups is 1. The Morgan fingerprint density at radius 3 is 1.94 bits per heavy atom. The van der Waals surface area contributed by atoms with Crippen LogP contribution in [0.5, 0.6) is 0 Å². The molecule has 1 amide bonds. The van der Waals surface area contributed by atoms with Gasteiger partial charge in [0.05, 0.1) is 43.0 Å². The maximum absolute atomic E-state index is 12.2. The Morgan fingerprint density at radius 1 is 0.903 bits per heavy atom. The molecule has 0 bridgehead atoms. The summed E-state index contributed by atoms with van der Waals surface area (Å²) in [4.78, 5) is 43.5. The number of non-ortho nitro benzene ring substituents is 2. The maximum atomic E-state index is 12.2. The van der Waals surface area contributed by atoms with E-state index in [9.17, 15) is 35.1 Å². The predicted octanol–water partition coefficient (Wildman–Crippen LogP) is 4.53. The summed E-state index contributed by atoms with van der Waals surface area (Å²) in [6, 6.07) is 3.72. The van der Waals surface area contributed by atoms with E-state index in [4.69, 9.17) is 23.2 Å². The summed E-state index contributed by atoms with van der Waals surface area (Å²) < 4.78 is 0. The van der Waals surface area contributed by atoms with Gasteiger partial charge in [-0.3, -0.25) is 35.1 Å². The second-order valence-electron chi connectivity index (χ2n) is 6.21. The lowest BCUT2D eigenvalue weighted by Crippen LogP contribution is -2.26. The Morgan fingerprint density at radius 2 is 1.45 bits per heavy atom. The molecule has 12 nitrogen and oxygen atoms in total. The second kappa shape index (κ2) is 10.00. The van der Waals surface area contributed by atoms with Gasteiger partial charge >= 0.3 is 0 Å². The van der Waals surface area contributed by atoms with Gasteiger partial charge in [-0.1, -0.05) is 30.1 Å². The minimum Gasteiger partial charge on any atom is -0.356 e. The molecule has 2 aromatic carbocycles. The molecule has 2 aromatic rings. The number of nitro benzene ring substituents is 3. The molecule has 0 aliphatic carbocycles. The summed E-state index contributed by atoms with van der Waals surface area (Å²) in [6.07, 6.45) is 0.229. The van der Waals surface area contributed by atoms with Crippen molar-refractivity contribution in [2.45, 2.75) is 19.8 Å². The number of hydrogen-bond acceptors (Lipinski definition) is 8. The monoisotopic (exact) mass is 471 g/mol. The normalized spacial score (nSPS) is 10.4. The predicted molar refractivity (Wildman–Crippen MR) is 113 cm³/mol. The van der Waals surface area contributed by atoms with E-state index in [0.717, 1.165) is 24.3 Å². The van der Waals surface area contributed by atoms with Gasteiger partial charge in [-0.2, -0.15) is 0 Å². The van der Waals surface area contributed by atoms with Gasteiger partial charge in [0.2, 0.25) is 5.91 Å². The third kappa shape index (κ3) is 5.77. The van der Waals surface area contributed by atoms with Crippen LogP contribution in [0.4, 0.5) is 28.4 Å². The van der Waals surface area contributed by atoms with Crippen molar-refractivity contribution in [3.63, 3.8) is 0 Å². The molecule has 2 rings (SSSR count). The number of nitrogens with one attached hydrogen (secondary N) is 2. The summed E-state index contributed by atoms with van der Waals surface area (Å²) in [7, 11) is 0. The number of halogens is 2. The number of nitrogens with zero attached hydrogens (tertiary/aromatic N) is 3. The zero-order valence-corrected chi connectivity index (χ0v) is 17.4. The molecule has 31 heavy (non-hydrogen) atoms. The molecule has 0 radical (unpaired) electrons. The molecule has 0 fully saturated rings. The molecule has 0 aliphatic rings. The highest BCUT2D eigenvalue weighted by molar-refractivity contribution is 6.39. The van der Waals surface area contributed by atoms with Crippen LogP contribution in [0, 0.1) is 30.3 Å². The fraction of sp³-hybridized carbons (Fsp3) is 0.235. The Bertz CT molecular complexity index is 1050. The molecule has 0 heterocycles. The SMILES string of the molecule is CCCNC(=O)Cc1cc([N+](=O)[O-])cc([N+](=O)[O-])c1Nc1c(Cl)cc([N+](=O)[O-])cc1Cl. The second-order valence-corrected chi connectivity index (χ2v) is 7.02. The van der Waals surface area contributed by atoms with Crippen LogP contribution < -0.4 is 10.6 Å². The number of amides is 1. The van der Waals surface area contributed by atoms with Crippen molar-refractivity contribution in [2.24, 2.45) is 0 Å². The van der Waals surface area contributed by atoms with Crippen molar-refractivity contribution in [3.05, 3.63) is 70.2 Å². The largest absolute Gasteiger partial charge is 0.356 e. The molecule has 0 unspecified atom stereocenters. The average molecular weight is 472 g/mol. The molecular formula is C17H15Cl2N5O7. The van der Waals surface area contributed by atoms with Gasteiger partial charge < -0.3 is 10.6 Å². The van der Waals surface area contributed by atoms with Crippen LogP contribution in [-0.4, -0.2) is 27.2 Å². The van der Waals surface area contributed by atoms with Gasteiger partial charge in [0.15, 0.2) is 0 Å². The summed E-state index contributed by atoms with van der Waals surface area (Å²) >= 11 is 12.1. The van der Waals surface area contributed by atoms with Gasteiger partial charge in [-0.25, -0.2) is 0 Å². The van der Waals surface area contributed by atoms with Crippen LogP contribution in [0.2, 0.25) is 10.0 Å². The molecule has 0 aromatic heterocycles. The molecule has 0 spiro atoms. The summed E-state index contributed by atoms with van der Waals surface area (Å²) in [6.45, 7) is 2.17. The van der Waals surface area contributed by atoms with Crippen molar-refractivity contribution in [3.8, 4) is 0 Å². The summed E-state index contributed by atoms with van der Waals surface area (Å²) in [5.41, 5.74) is -2.09. The van der Waals surface area contributed by atoms with E-state index < -0.39 is 44.2 Å². The lowest BCUT2D eigenvalue weighted by Gasteiger charge is -2.15. The topological polar surface area (TPSA) is 171 Å². The zero-order chi connectivity index (χ0) is 23.3. The van der Waals surface area contributed by atoms with Gasteiger partial charge in [0, 0.05) is 24.7 Å². The van der Waals surface area contributed by atoms with E-state index in [1.807, 2.05) is 6.92 Å². The first kappa shape index (κ1) is 23.8. The first-order valence-electron chi connectivity index (χ1n) is 8.68. The third-order valence-electron chi connectivity index (χ3n) is 4.00. The zero-order valence-electron chi connectivity index (χ0n) is 15.9. The quantitative estimate of drug-likeness (QED) is 0.396. The molecule has 0 aliphatic heterocycles. The average Bonchev–Trinajstić information content (AvgIpc) is 2.68. The van der Waals surface area contributed by atoms with E-state index >= 15 is 0 Å². The highest BCUT2D eigenvalue weighted by Crippen LogP contribution is 2.41. The fourth-order valence-electron chi connectivity index (χ4n) is 2.61. The first-order valence-corrected chi connectivity index (χ1v) is 9.43. The first-order chi connectivity index (χ1) is 14.5. The molecule has 0 saturated heterocycles. The molecule has 164 valence electrons.